The number of alkyl halides is 3. The molecule has 0 amide bonds. The molecule has 3 nitrogen and oxygen atoms in total. The number of nitrogens with one attached hydrogen (secondary N) is 1. The molecule has 3 rings (SSSR count). The Hall–Kier alpha value is -0.370. The van der Waals surface area contributed by atoms with E-state index in [0.717, 1.165) is 26.2 Å². The van der Waals surface area contributed by atoms with Gasteiger partial charge in [-0.15, -0.1) is 23.7 Å². The van der Waals surface area contributed by atoms with Gasteiger partial charge in [0.2, 0.25) is 0 Å². The average Bonchev–Trinajstić information content (AvgIpc) is 2.91. The highest BCUT2D eigenvalue weighted by Crippen LogP contribution is 2.36. The van der Waals surface area contributed by atoms with E-state index in [4.69, 9.17) is 0 Å². The third kappa shape index (κ3) is 3.10. The molecule has 0 radical (unpaired) electrons. The molecule has 2 aliphatic heterocycles. The highest BCUT2D eigenvalue weighted by atomic mass is 35.5. The van der Waals surface area contributed by atoms with Crippen LogP contribution < -0.4 is 5.32 Å². The van der Waals surface area contributed by atoms with Crippen molar-refractivity contribution < 1.29 is 13.2 Å². The first-order valence-corrected chi connectivity index (χ1v) is 7.21. The second-order valence-electron chi connectivity index (χ2n) is 5.37. The fourth-order valence-electron chi connectivity index (χ4n) is 3.08. The third-order valence-corrected chi connectivity index (χ3v) is 4.86. The zero-order chi connectivity index (χ0) is 13.6. The van der Waals surface area contributed by atoms with Crippen LogP contribution in [-0.2, 0) is 12.7 Å². The Morgan fingerprint density at radius 1 is 1.30 bits per heavy atom. The second kappa shape index (κ2) is 5.79. The van der Waals surface area contributed by atoms with E-state index in [0.29, 0.717) is 28.3 Å². The van der Waals surface area contributed by atoms with Crippen LogP contribution in [0, 0.1) is 18.8 Å². The molecule has 0 saturated carbocycles. The molecule has 2 aliphatic rings. The Morgan fingerprint density at radius 2 is 1.90 bits per heavy atom. The molecule has 3 heterocycles. The zero-order valence-electron chi connectivity index (χ0n) is 11.0. The summed E-state index contributed by atoms with van der Waals surface area (Å²) in [6, 6.07) is 0. The normalized spacial score (nSPS) is 26.6. The minimum Gasteiger partial charge on any atom is -0.316 e. The number of nitrogens with zero attached hydrogens (tertiary/aromatic N) is 2. The number of fused-ring (bicyclic) bond motifs is 1. The molecule has 2 fully saturated rings. The maximum Gasteiger partial charge on any atom is 0.434 e. The minimum absolute atomic E-state index is 0. The van der Waals surface area contributed by atoms with Gasteiger partial charge in [0.15, 0.2) is 5.69 Å². The van der Waals surface area contributed by atoms with E-state index in [2.05, 4.69) is 15.2 Å². The molecule has 0 bridgehead atoms. The van der Waals surface area contributed by atoms with Crippen molar-refractivity contribution in [3.05, 3.63) is 15.6 Å². The molecule has 20 heavy (non-hydrogen) atoms. The number of thiazole rings is 1. The number of halogens is 4. The van der Waals surface area contributed by atoms with Gasteiger partial charge in [-0.1, -0.05) is 0 Å². The summed E-state index contributed by atoms with van der Waals surface area (Å²) in [5, 5.41) is 3.82. The molecule has 114 valence electrons. The highest BCUT2D eigenvalue weighted by molar-refractivity contribution is 7.11. The van der Waals surface area contributed by atoms with Gasteiger partial charge in [-0.25, -0.2) is 4.98 Å². The van der Waals surface area contributed by atoms with Crippen LogP contribution in [0.4, 0.5) is 13.2 Å². The lowest BCUT2D eigenvalue weighted by Crippen LogP contribution is -2.26. The van der Waals surface area contributed by atoms with Crippen molar-refractivity contribution in [3.63, 3.8) is 0 Å². The molecule has 1 aromatic heterocycles. The van der Waals surface area contributed by atoms with E-state index in [-0.39, 0.29) is 12.4 Å². The molecule has 0 aromatic carbocycles. The van der Waals surface area contributed by atoms with Gasteiger partial charge in [-0.2, -0.15) is 13.2 Å². The maximum atomic E-state index is 12.9. The first-order valence-electron chi connectivity index (χ1n) is 6.40. The average molecular weight is 328 g/mol. The molecule has 1 aromatic rings. The predicted octanol–water partition coefficient (Wildman–Crippen LogP) is 2.54. The topological polar surface area (TPSA) is 28.2 Å². The first kappa shape index (κ1) is 16.0. The Labute approximate surface area is 126 Å². The van der Waals surface area contributed by atoms with Crippen molar-refractivity contribution in [3.8, 4) is 0 Å². The molecule has 2 atom stereocenters. The third-order valence-electron chi connectivity index (χ3n) is 3.91. The van der Waals surface area contributed by atoms with E-state index in [1.54, 1.807) is 6.92 Å². The van der Waals surface area contributed by atoms with Gasteiger partial charge >= 0.3 is 6.18 Å². The highest BCUT2D eigenvalue weighted by Gasteiger charge is 2.40. The molecule has 2 saturated heterocycles. The van der Waals surface area contributed by atoms with Crippen molar-refractivity contribution in [2.24, 2.45) is 11.8 Å². The Bertz CT molecular complexity index is 465. The predicted molar refractivity (Wildman–Crippen MR) is 74.2 cm³/mol. The summed E-state index contributed by atoms with van der Waals surface area (Å²) in [6.45, 7) is 5.79. The molecule has 0 aliphatic carbocycles. The fourth-order valence-corrected chi connectivity index (χ4v) is 4.08. The van der Waals surface area contributed by atoms with Crippen molar-refractivity contribution in [1.82, 2.24) is 15.2 Å². The molecule has 0 spiro atoms. The van der Waals surface area contributed by atoms with E-state index in [9.17, 15) is 13.2 Å². The van der Waals surface area contributed by atoms with Crippen LogP contribution in [0.2, 0.25) is 0 Å². The van der Waals surface area contributed by atoms with Crippen LogP contribution in [0.15, 0.2) is 0 Å². The lowest BCUT2D eigenvalue weighted by molar-refractivity contribution is -0.141. The molecular weight excluding hydrogens is 311 g/mol. The number of hydrogen-bond acceptors (Lipinski definition) is 4. The number of aromatic nitrogens is 1. The van der Waals surface area contributed by atoms with Gasteiger partial charge < -0.3 is 5.32 Å². The van der Waals surface area contributed by atoms with Crippen LogP contribution in [0.1, 0.15) is 15.6 Å². The monoisotopic (exact) mass is 327 g/mol. The summed E-state index contributed by atoms with van der Waals surface area (Å²) < 4.78 is 38.6. The van der Waals surface area contributed by atoms with Gasteiger partial charge in [0.25, 0.3) is 0 Å². The van der Waals surface area contributed by atoms with Gasteiger partial charge in [0, 0.05) is 19.6 Å². The van der Waals surface area contributed by atoms with Gasteiger partial charge in [-0.3, -0.25) is 4.90 Å². The van der Waals surface area contributed by atoms with E-state index < -0.39 is 11.9 Å². The summed E-state index contributed by atoms with van der Waals surface area (Å²) in [7, 11) is 0. The Morgan fingerprint density at radius 3 is 2.45 bits per heavy atom. The SMILES string of the molecule is Cc1nc(C(F)(F)F)c(CN2C[C@H]3CNC[C@H]3C2)s1.Cl. The molecule has 0 unspecified atom stereocenters. The van der Waals surface area contributed by atoms with Crippen LogP contribution in [0.25, 0.3) is 0 Å². The van der Waals surface area contributed by atoms with E-state index in [1.165, 1.54) is 11.3 Å². The lowest BCUT2D eigenvalue weighted by atomic mass is 10.0. The molecule has 1 N–H and O–H groups in total. The van der Waals surface area contributed by atoms with Crippen molar-refractivity contribution in [1.29, 1.82) is 0 Å². The molecular formula is C12H17ClF3N3S. The van der Waals surface area contributed by atoms with Crippen LogP contribution in [0.3, 0.4) is 0 Å². The Balaban J connectivity index is 0.00000147. The minimum atomic E-state index is -4.34. The van der Waals surface area contributed by atoms with Crippen LogP contribution in [0.5, 0.6) is 0 Å². The number of likely N-dealkylation sites (tertiary alicyclic amines) is 1. The van der Waals surface area contributed by atoms with E-state index in [1.807, 2.05) is 0 Å². The number of hydrogen-bond donors (Lipinski definition) is 1. The van der Waals surface area contributed by atoms with Crippen molar-refractivity contribution in [2.45, 2.75) is 19.6 Å². The fraction of sp³-hybridized carbons (Fsp3) is 0.750. The zero-order valence-corrected chi connectivity index (χ0v) is 12.7. The first-order chi connectivity index (χ1) is 8.93. The summed E-state index contributed by atoms with van der Waals surface area (Å²) in [5.74, 6) is 1.20. The summed E-state index contributed by atoms with van der Waals surface area (Å²) in [4.78, 5) is 6.15. The van der Waals surface area contributed by atoms with Crippen LogP contribution in [-0.4, -0.2) is 36.1 Å². The lowest BCUT2D eigenvalue weighted by Gasteiger charge is -2.17. The second-order valence-corrected chi connectivity index (χ2v) is 6.66. The summed E-state index contributed by atoms with van der Waals surface area (Å²) in [5.41, 5.74) is -0.690. The number of aryl methyl sites for hydroxylation is 1. The van der Waals surface area contributed by atoms with Crippen molar-refractivity contribution >= 4 is 23.7 Å². The smallest absolute Gasteiger partial charge is 0.316 e. The quantitative estimate of drug-likeness (QED) is 0.905. The Kier molecular flexibility index (Phi) is 4.63. The van der Waals surface area contributed by atoms with E-state index >= 15 is 0 Å². The van der Waals surface area contributed by atoms with Gasteiger partial charge in [0.05, 0.1) is 9.88 Å². The maximum absolute atomic E-state index is 12.9. The standard InChI is InChI=1S/C12H16F3N3S.ClH/c1-7-17-11(12(13,14)15)10(19-7)6-18-4-8-2-16-3-9(8)5-18;/h8-9,16H,2-6H2,1H3;1H/t8-,9+;. The van der Waals surface area contributed by atoms with Gasteiger partial charge in [0.1, 0.15) is 0 Å². The molecule has 8 heteroatoms. The van der Waals surface area contributed by atoms with Gasteiger partial charge in [-0.05, 0) is 31.8 Å². The van der Waals surface area contributed by atoms with Crippen molar-refractivity contribution in [2.75, 3.05) is 26.2 Å². The largest absolute Gasteiger partial charge is 0.434 e. The van der Waals surface area contributed by atoms with Crippen LogP contribution >= 0.6 is 23.7 Å². The number of rotatable bonds is 2. The summed E-state index contributed by atoms with van der Waals surface area (Å²) in [6.07, 6.45) is -4.34. The summed E-state index contributed by atoms with van der Waals surface area (Å²) >= 11 is 1.17.